The van der Waals surface area contributed by atoms with Gasteiger partial charge in [0, 0.05) is 33.7 Å². The van der Waals surface area contributed by atoms with Crippen LogP contribution in [0.2, 0.25) is 0 Å². The highest BCUT2D eigenvalue weighted by Gasteiger charge is 2.22. The van der Waals surface area contributed by atoms with E-state index in [9.17, 15) is 0 Å². The van der Waals surface area contributed by atoms with Crippen LogP contribution >= 0.6 is 0 Å². The van der Waals surface area contributed by atoms with Crippen molar-refractivity contribution in [1.82, 2.24) is 0 Å². The smallest absolute Gasteiger partial charge is 0.137 e. The fourth-order valence-corrected chi connectivity index (χ4v) is 7.89. The number of anilines is 3. The third-order valence-electron chi connectivity index (χ3n) is 10.5. The summed E-state index contributed by atoms with van der Waals surface area (Å²) >= 11 is 0. The average Bonchev–Trinajstić information content (AvgIpc) is 3.62. The van der Waals surface area contributed by atoms with Crippen LogP contribution in [0.15, 0.2) is 217 Å². The molecular formula is C52H35NO. The van der Waals surface area contributed by atoms with Gasteiger partial charge in [-0.05, 0) is 80.6 Å². The topological polar surface area (TPSA) is 16.4 Å². The molecule has 0 radical (unpaired) electrons. The van der Waals surface area contributed by atoms with Crippen LogP contribution in [0.4, 0.5) is 17.1 Å². The van der Waals surface area contributed by atoms with Crippen LogP contribution in [0.1, 0.15) is 0 Å². The van der Waals surface area contributed by atoms with Crippen LogP contribution in [0.5, 0.6) is 0 Å². The van der Waals surface area contributed by atoms with Crippen LogP contribution in [0.3, 0.4) is 0 Å². The summed E-state index contributed by atoms with van der Waals surface area (Å²) in [6, 6.07) is 75.9. The summed E-state index contributed by atoms with van der Waals surface area (Å²) in [4.78, 5) is 2.40. The number of furan rings is 1. The van der Waals surface area contributed by atoms with E-state index in [0.717, 1.165) is 61.3 Å². The fourth-order valence-electron chi connectivity index (χ4n) is 7.89. The number of nitrogens with zero attached hydrogens (tertiary/aromatic N) is 1. The predicted octanol–water partition coefficient (Wildman–Crippen LogP) is 14.9. The first-order chi connectivity index (χ1) is 26.8. The van der Waals surface area contributed by atoms with Gasteiger partial charge in [0.2, 0.25) is 0 Å². The number of fused-ring (bicyclic) bond motifs is 4. The molecule has 0 aliphatic rings. The summed E-state index contributed by atoms with van der Waals surface area (Å²) in [7, 11) is 0. The van der Waals surface area contributed by atoms with Crippen molar-refractivity contribution in [3.05, 3.63) is 212 Å². The molecule has 9 aromatic carbocycles. The maximum atomic E-state index is 6.47. The molecule has 0 atom stereocenters. The van der Waals surface area contributed by atoms with Gasteiger partial charge < -0.3 is 9.32 Å². The van der Waals surface area contributed by atoms with Crippen molar-refractivity contribution in [3.63, 3.8) is 0 Å². The molecule has 0 fully saturated rings. The Bertz CT molecular complexity index is 2930. The normalized spacial score (nSPS) is 11.3. The molecule has 0 unspecified atom stereocenters. The average molecular weight is 690 g/mol. The molecule has 0 bridgehead atoms. The van der Waals surface area contributed by atoms with Gasteiger partial charge in [0.15, 0.2) is 0 Å². The van der Waals surface area contributed by atoms with Gasteiger partial charge in [-0.3, -0.25) is 0 Å². The van der Waals surface area contributed by atoms with E-state index in [1.165, 1.54) is 33.0 Å². The van der Waals surface area contributed by atoms with Crippen molar-refractivity contribution in [2.24, 2.45) is 0 Å². The summed E-state index contributed by atoms with van der Waals surface area (Å²) in [6.07, 6.45) is 0. The first-order valence-electron chi connectivity index (χ1n) is 18.4. The second kappa shape index (κ2) is 13.4. The third kappa shape index (κ3) is 5.62. The Morgan fingerprint density at radius 3 is 1.61 bits per heavy atom. The third-order valence-corrected chi connectivity index (χ3v) is 10.5. The lowest BCUT2D eigenvalue weighted by Gasteiger charge is -2.30. The van der Waals surface area contributed by atoms with Gasteiger partial charge in [0.1, 0.15) is 11.2 Å². The highest BCUT2D eigenvalue weighted by atomic mass is 16.3. The number of benzene rings is 9. The number of rotatable bonds is 7. The molecule has 2 heteroatoms. The molecule has 0 spiro atoms. The van der Waals surface area contributed by atoms with E-state index in [1.54, 1.807) is 0 Å². The van der Waals surface area contributed by atoms with Crippen molar-refractivity contribution in [2.45, 2.75) is 0 Å². The van der Waals surface area contributed by atoms with Crippen LogP contribution < -0.4 is 4.90 Å². The number of hydrogen-bond acceptors (Lipinski definition) is 2. The molecule has 2 nitrogen and oxygen atoms in total. The van der Waals surface area contributed by atoms with E-state index in [2.05, 4.69) is 205 Å². The molecule has 254 valence electrons. The zero-order valence-electron chi connectivity index (χ0n) is 29.6. The van der Waals surface area contributed by atoms with Crippen molar-refractivity contribution in [1.29, 1.82) is 0 Å². The van der Waals surface area contributed by atoms with Gasteiger partial charge in [0.05, 0.1) is 11.4 Å². The maximum absolute atomic E-state index is 6.47. The Morgan fingerprint density at radius 2 is 0.815 bits per heavy atom. The molecule has 0 amide bonds. The summed E-state index contributed by atoms with van der Waals surface area (Å²) in [5.74, 6) is 0. The molecule has 0 aliphatic carbocycles. The highest BCUT2D eigenvalue weighted by Crippen LogP contribution is 2.46. The second-order valence-electron chi connectivity index (χ2n) is 13.7. The zero-order chi connectivity index (χ0) is 35.8. The van der Waals surface area contributed by atoms with Crippen LogP contribution in [-0.4, -0.2) is 0 Å². The van der Waals surface area contributed by atoms with E-state index in [0.29, 0.717) is 0 Å². The number of hydrogen-bond donors (Lipinski definition) is 0. The molecule has 0 N–H and O–H groups in total. The monoisotopic (exact) mass is 689 g/mol. The second-order valence-corrected chi connectivity index (χ2v) is 13.7. The largest absolute Gasteiger partial charge is 0.456 e. The number of para-hydroxylation sites is 3. The van der Waals surface area contributed by atoms with Gasteiger partial charge >= 0.3 is 0 Å². The predicted molar refractivity (Wildman–Crippen MR) is 228 cm³/mol. The Labute approximate surface area is 314 Å². The maximum Gasteiger partial charge on any atom is 0.137 e. The molecule has 10 aromatic rings. The van der Waals surface area contributed by atoms with Crippen molar-refractivity contribution in [3.8, 4) is 44.5 Å². The Hall–Kier alpha value is -7.16. The SMILES string of the molecule is c1ccc(-c2ccc(-c3ccccc3N(c3ccc4c(c3)oc3ccccc34)c3ccccc3-c3cccc(-c4cccc5ccccc45)c3)cc2)cc1. The lowest BCUT2D eigenvalue weighted by atomic mass is 9.94. The van der Waals surface area contributed by atoms with Gasteiger partial charge in [-0.1, -0.05) is 170 Å². The lowest BCUT2D eigenvalue weighted by Crippen LogP contribution is -2.12. The molecule has 10 rings (SSSR count). The summed E-state index contributed by atoms with van der Waals surface area (Å²) < 4.78 is 6.47. The van der Waals surface area contributed by atoms with Gasteiger partial charge in [-0.2, -0.15) is 0 Å². The van der Waals surface area contributed by atoms with E-state index >= 15 is 0 Å². The van der Waals surface area contributed by atoms with Crippen molar-refractivity contribution in [2.75, 3.05) is 4.90 Å². The van der Waals surface area contributed by atoms with Crippen LogP contribution in [-0.2, 0) is 0 Å². The van der Waals surface area contributed by atoms with E-state index in [1.807, 2.05) is 12.1 Å². The Kier molecular flexibility index (Phi) is 7.85. The minimum absolute atomic E-state index is 0.860. The minimum Gasteiger partial charge on any atom is -0.456 e. The van der Waals surface area contributed by atoms with Crippen molar-refractivity contribution < 1.29 is 4.42 Å². The highest BCUT2D eigenvalue weighted by molar-refractivity contribution is 6.07. The van der Waals surface area contributed by atoms with Crippen LogP contribution in [0, 0.1) is 0 Å². The molecule has 0 saturated carbocycles. The molecule has 1 heterocycles. The molecular weight excluding hydrogens is 655 g/mol. The van der Waals surface area contributed by atoms with Gasteiger partial charge in [-0.25, -0.2) is 0 Å². The standard InChI is InChI=1S/C52H35NO/c1-2-14-36(15-3-1)37-28-30-39(31-29-37)45-21-6-9-25-49(45)53(42-32-33-48-47-23-8-11-27-51(47)54-52(48)35-42)50-26-10-7-22-46(50)41-19-12-18-40(34-41)44-24-13-17-38-16-4-5-20-43(38)44/h1-35H. The summed E-state index contributed by atoms with van der Waals surface area (Å²) in [6.45, 7) is 0. The van der Waals surface area contributed by atoms with Crippen LogP contribution in [0.25, 0.3) is 77.2 Å². The first kappa shape index (κ1) is 31.6. The lowest BCUT2D eigenvalue weighted by molar-refractivity contribution is 0.669. The van der Waals surface area contributed by atoms with E-state index in [-0.39, 0.29) is 0 Å². The van der Waals surface area contributed by atoms with Crippen molar-refractivity contribution >= 4 is 49.8 Å². The Balaban J connectivity index is 1.16. The molecule has 0 aliphatic heterocycles. The first-order valence-corrected chi connectivity index (χ1v) is 18.4. The van der Waals surface area contributed by atoms with E-state index in [4.69, 9.17) is 4.42 Å². The molecule has 0 saturated heterocycles. The molecule has 54 heavy (non-hydrogen) atoms. The summed E-state index contributed by atoms with van der Waals surface area (Å²) in [5.41, 5.74) is 14.3. The zero-order valence-corrected chi connectivity index (χ0v) is 29.6. The Morgan fingerprint density at radius 1 is 0.296 bits per heavy atom. The minimum atomic E-state index is 0.860. The molecule has 1 aromatic heterocycles. The quantitative estimate of drug-likeness (QED) is 0.166. The van der Waals surface area contributed by atoms with Gasteiger partial charge in [0.25, 0.3) is 0 Å². The van der Waals surface area contributed by atoms with Gasteiger partial charge in [-0.15, -0.1) is 0 Å². The summed E-state index contributed by atoms with van der Waals surface area (Å²) in [5, 5.41) is 4.71. The fraction of sp³-hybridized carbons (Fsp3) is 0. The van der Waals surface area contributed by atoms with E-state index < -0.39 is 0 Å².